The van der Waals surface area contributed by atoms with Crippen LogP contribution in [0.5, 0.6) is 0 Å². The van der Waals surface area contributed by atoms with Crippen LogP contribution in [0.25, 0.3) is 0 Å². The van der Waals surface area contributed by atoms with Gasteiger partial charge in [-0.25, -0.2) is 0 Å². The second kappa shape index (κ2) is 38.9. The van der Waals surface area contributed by atoms with Crippen LogP contribution in [0.15, 0.2) is 60.8 Å². The first-order valence-electron chi connectivity index (χ1n) is 22.3. The molecule has 0 radical (unpaired) electrons. The van der Waals surface area contributed by atoms with E-state index in [1.807, 2.05) is 12.2 Å². The monoisotopic (exact) mass is 786 g/mol. The molecule has 0 aromatic heterocycles. The summed E-state index contributed by atoms with van der Waals surface area (Å²) in [6.45, 7) is 4.47. The normalized spacial score (nSPS) is 13.5. The molecule has 56 heavy (non-hydrogen) atoms. The van der Waals surface area contributed by atoms with E-state index >= 15 is 0 Å². The van der Waals surface area contributed by atoms with E-state index in [0.717, 1.165) is 51.4 Å². The van der Waals surface area contributed by atoms with Crippen molar-refractivity contribution in [3.63, 3.8) is 0 Å². The Morgan fingerprint density at radius 3 is 1.45 bits per heavy atom. The van der Waals surface area contributed by atoms with Gasteiger partial charge in [-0.1, -0.05) is 171 Å². The van der Waals surface area contributed by atoms with Crippen LogP contribution < -0.4 is 5.11 Å². The smallest absolute Gasteiger partial charge is 0.306 e. The quantitative estimate of drug-likeness (QED) is 0.0265. The van der Waals surface area contributed by atoms with Crippen molar-refractivity contribution in [1.29, 1.82) is 0 Å². The molecule has 0 aliphatic rings. The highest BCUT2D eigenvalue weighted by atomic mass is 16.6. The summed E-state index contributed by atoms with van der Waals surface area (Å²) in [6, 6.07) is -0.736. The second-order valence-electron chi connectivity index (χ2n) is 15.9. The maximum absolute atomic E-state index is 12.7. The molecule has 0 spiro atoms. The minimum Gasteiger partial charge on any atom is -0.544 e. The maximum Gasteiger partial charge on any atom is 0.306 e. The van der Waals surface area contributed by atoms with Crippen LogP contribution in [0.1, 0.15) is 174 Å². The van der Waals surface area contributed by atoms with E-state index in [2.05, 4.69) is 62.5 Å². The number of unbranched alkanes of at least 4 members (excludes halogenated alkanes) is 15. The summed E-state index contributed by atoms with van der Waals surface area (Å²) >= 11 is 0. The van der Waals surface area contributed by atoms with E-state index in [0.29, 0.717) is 12.8 Å². The third kappa shape index (κ3) is 36.7. The van der Waals surface area contributed by atoms with Crippen LogP contribution in [-0.2, 0) is 28.6 Å². The van der Waals surface area contributed by atoms with E-state index in [4.69, 9.17) is 14.2 Å². The Morgan fingerprint density at radius 1 is 0.554 bits per heavy atom. The van der Waals surface area contributed by atoms with Gasteiger partial charge in [-0.05, 0) is 44.9 Å². The van der Waals surface area contributed by atoms with Crippen molar-refractivity contribution in [3.8, 4) is 0 Å². The van der Waals surface area contributed by atoms with Gasteiger partial charge in [0.15, 0.2) is 6.10 Å². The minimum atomic E-state index is -1.13. The number of likely N-dealkylation sites (N-methyl/N-ethyl adjacent to an activating group) is 1. The van der Waals surface area contributed by atoms with Gasteiger partial charge in [-0.2, -0.15) is 0 Å². The van der Waals surface area contributed by atoms with Crippen molar-refractivity contribution in [2.24, 2.45) is 0 Å². The van der Waals surface area contributed by atoms with Gasteiger partial charge in [-0.3, -0.25) is 9.59 Å². The number of aliphatic carboxylic acids is 1. The van der Waals surface area contributed by atoms with Crippen LogP contribution in [0.4, 0.5) is 0 Å². The Bertz CT molecular complexity index is 1100. The van der Waals surface area contributed by atoms with E-state index in [1.54, 1.807) is 21.1 Å². The molecule has 0 aliphatic carbocycles. The Kier molecular flexibility index (Phi) is 36.8. The Morgan fingerprint density at radius 2 is 1.00 bits per heavy atom. The number of quaternary nitrogens is 1. The lowest BCUT2D eigenvalue weighted by Gasteiger charge is -2.34. The number of carboxylic acid groups (broad SMARTS) is 1. The predicted octanol–water partition coefficient (Wildman–Crippen LogP) is 10.9. The number of esters is 2. The van der Waals surface area contributed by atoms with Crippen LogP contribution in [0.3, 0.4) is 0 Å². The molecule has 2 atom stereocenters. The average Bonchev–Trinajstić information content (AvgIpc) is 3.15. The number of nitrogens with zero attached hydrogens (tertiary/aromatic N) is 1. The van der Waals surface area contributed by atoms with Crippen molar-refractivity contribution < 1.29 is 38.2 Å². The molecule has 322 valence electrons. The summed E-state index contributed by atoms with van der Waals surface area (Å²) in [5, 5.41) is 11.6. The highest BCUT2D eigenvalue weighted by molar-refractivity contribution is 5.70. The first-order valence-corrected chi connectivity index (χ1v) is 22.3. The van der Waals surface area contributed by atoms with Crippen LogP contribution in [0, 0.1) is 0 Å². The first kappa shape index (κ1) is 53.0. The fraction of sp³-hybridized carbons (Fsp3) is 0.729. The number of hydrogen-bond donors (Lipinski definition) is 0. The summed E-state index contributed by atoms with van der Waals surface area (Å²) in [7, 11) is 5.38. The highest BCUT2D eigenvalue weighted by Crippen LogP contribution is 2.15. The Labute approximate surface area is 343 Å². The molecule has 0 aromatic rings. The summed E-state index contributed by atoms with van der Waals surface area (Å²) in [5.41, 5.74) is 0. The van der Waals surface area contributed by atoms with Crippen molar-refractivity contribution in [1.82, 2.24) is 0 Å². The molecule has 0 aliphatic heterocycles. The van der Waals surface area contributed by atoms with E-state index in [-0.39, 0.29) is 49.1 Å². The Balaban J connectivity index is 4.44. The summed E-state index contributed by atoms with van der Waals surface area (Å²) in [5.74, 6) is -1.84. The van der Waals surface area contributed by atoms with Crippen LogP contribution in [0.2, 0.25) is 0 Å². The molecule has 0 bridgehead atoms. The van der Waals surface area contributed by atoms with Crippen molar-refractivity contribution in [3.05, 3.63) is 60.8 Å². The minimum absolute atomic E-state index is 0.0175. The molecule has 0 amide bonds. The van der Waals surface area contributed by atoms with E-state index in [9.17, 15) is 19.5 Å². The number of carbonyl (C=O) groups is 3. The molecule has 2 unspecified atom stereocenters. The molecule has 0 rings (SSSR count). The van der Waals surface area contributed by atoms with Crippen LogP contribution in [-0.4, -0.2) is 75.5 Å². The van der Waals surface area contributed by atoms with Gasteiger partial charge >= 0.3 is 11.9 Å². The second-order valence-corrected chi connectivity index (χ2v) is 15.9. The van der Waals surface area contributed by atoms with E-state index < -0.39 is 18.1 Å². The van der Waals surface area contributed by atoms with Gasteiger partial charge in [-0.15, -0.1) is 0 Å². The van der Waals surface area contributed by atoms with Gasteiger partial charge in [0, 0.05) is 19.3 Å². The standard InChI is InChI=1S/C48H83NO7/c1-6-8-10-12-14-16-18-20-22-24-26-28-30-32-34-36-38-46(50)55-43-44(42-54-41-40-45(48(52)53)49(3,4)5)56-47(51)39-37-35-33-31-29-27-25-23-21-19-17-15-13-11-9-7-2/h8,10,14,16,20,22,26,28,32,34,44-45H,6-7,9,11-13,15,17-19,21,23-25,27,29-31,33,35-43H2,1-5H3/b10-8+,16-14+,22-20+,28-26+,34-32+. The average molecular weight is 786 g/mol. The third-order valence-electron chi connectivity index (χ3n) is 9.68. The lowest BCUT2D eigenvalue weighted by Crippen LogP contribution is -2.55. The van der Waals surface area contributed by atoms with Crippen molar-refractivity contribution in [2.75, 3.05) is 41.0 Å². The molecule has 0 fully saturated rings. The fourth-order valence-electron chi connectivity index (χ4n) is 6.24. The highest BCUT2D eigenvalue weighted by Gasteiger charge is 2.25. The molecule has 0 heterocycles. The van der Waals surface area contributed by atoms with Gasteiger partial charge in [0.1, 0.15) is 12.6 Å². The maximum atomic E-state index is 12.7. The number of rotatable bonds is 39. The SMILES string of the molecule is CC/C=C/C/C=C/C/C=C/C/C=C/C/C=C/CCC(=O)OCC(COCCC(C(=O)[O-])[N+](C)(C)C)OC(=O)CCCCCCCCCCCCCCCCCC. The molecular weight excluding hydrogens is 703 g/mol. The molecule has 0 aromatic carbocycles. The molecule has 8 nitrogen and oxygen atoms in total. The lowest BCUT2D eigenvalue weighted by atomic mass is 10.0. The molecule has 0 saturated heterocycles. The van der Waals surface area contributed by atoms with Crippen molar-refractivity contribution >= 4 is 17.9 Å². The van der Waals surface area contributed by atoms with Gasteiger partial charge < -0.3 is 28.6 Å². The fourth-order valence-corrected chi connectivity index (χ4v) is 6.24. The zero-order chi connectivity index (χ0) is 41.4. The van der Waals surface area contributed by atoms with Gasteiger partial charge in [0.25, 0.3) is 0 Å². The zero-order valence-electron chi connectivity index (χ0n) is 36.5. The van der Waals surface area contributed by atoms with Crippen LogP contribution >= 0.6 is 0 Å². The topological polar surface area (TPSA) is 102 Å². The lowest BCUT2D eigenvalue weighted by molar-refractivity contribution is -0.889. The third-order valence-corrected chi connectivity index (χ3v) is 9.68. The largest absolute Gasteiger partial charge is 0.544 e. The first-order chi connectivity index (χ1) is 27.1. The molecular formula is C48H83NO7. The predicted molar refractivity (Wildman–Crippen MR) is 231 cm³/mol. The van der Waals surface area contributed by atoms with Gasteiger partial charge in [0.2, 0.25) is 0 Å². The summed E-state index contributed by atoms with van der Waals surface area (Å²) in [6.07, 6.45) is 46.9. The number of hydrogen-bond acceptors (Lipinski definition) is 7. The number of carbonyl (C=O) groups excluding carboxylic acids is 3. The van der Waals surface area contributed by atoms with Crippen molar-refractivity contribution in [2.45, 2.75) is 187 Å². The number of ether oxygens (including phenoxy) is 3. The van der Waals surface area contributed by atoms with E-state index in [1.165, 1.54) is 83.5 Å². The summed E-state index contributed by atoms with van der Waals surface area (Å²) < 4.78 is 17.1. The number of allylic oxidation sites excluding steroid dienone is 10. The zero-order valence-corrected chi connectivity index (χ0v) is 36.5. The van der Waals surface area contributed by atoms with Gasteiger partial charge in [0.05, 0.1) is 40.3 Å². The summed E-state index contributed by atoms with van der Waals surface area (Å²) in [4.78, 5) is 36.8. The Hall–Kier alpha value is -2.97. The molecule has 8 heteroatoms. The molecule has 0 saturated carbocycles. The molecule has 0 N–H and O–H groups in total. The number of carboxylic acids is 1.